The van der Waals surface area contributed by atoms with Crippen molar-refractivity contribution >= 4 is 61.7 Å². The second-order valence-corrected chi connectivity index (χ2v) is 23.7. The molecular formula is C80H64N4OSi. The van der Waals surface area contributed by atoms with Crippen molar-refractivity contribution in [2.24, 2.45) is 0 Å². The predicted octanol–water partition coefficient (Wildman–Crippen LogP) is 16.6. The summed E-state index contributed by atoms with van der Waals surface area (Å²) >= 11 is 0. The quantitative estimate of drug-likeness (QED) is 0.0529. The standard InChI is InChI=1S/C80H64N4OSi/c1-55-47-77(81-52-70(55)56-25-10-6-11-26-56)84-73-40-19-18-37-68(73)69-45-44-61(51-76(69)84)85-60-29-23-28-59(50-60)82-54-83(75-42-21-20-41-74(75)82)78-66(38-24-39-67(78)58-43-46-71-72(49-58)80(4,5)53-79(71,2)3)57-27-22-36-65(48-57)86(62-30-12-7-13-31-62,63-32-14-8-15-33-63)64-34-16-9-17-35-64/h6-52H,53H2,1-5H3/i1D3,2D3,3D3,4D3,5D3,6D,7D,8D,9D,10D,11D,12D,13D,14D,15D,16D,17D,22D,25D,26D,27D,30D,31D,32D,33D,34D,35D,36D,43D,46D,48D,49D. The number of fused-ring (bicyclic) bond motifs is 5. The van der Waals surface area contributed by atoms with Crippen LogP contribution >= 0.6 is 0 Å². The molecule has 1 aliphatic carbocycles. The van der Waals surface area contributed by atoms with E-state index in [0.29, 0.717) is 21.8 Å². The fourth-order valence-corrected chi connectivity index (χ4v) is 14.9. The fourth-order valence-electron chi connectivity index (χ4n) is 11.3. The third-order valence-electron chi connectivity index (χ3n) is 15.0. The van der Waals surface area contributed by atoms with Gasteiger partial charge in [-0.15, -0.1) is 0 Å². The van der Waals surface area contributed by atoms with Crippen LogP contribution in [0.3, 0.4) is 0 Å². The summed E-state index contributed by atoms with van der Waals surface area (Å²) in [5.74, 6) is 0.192. The van der Waals surface area contributed by atoms with Crippen LogP contribution < -0.4 is 30.1 Å². The van der Waals surface area contributed by atoms with Crippen molar-refractivity contribution in [3.63, 3.8) is 0 Å². The first-order valence-electron chi connectivity index (χ1n) is 47.4. The van der Waals surface area contributed by atoms with Gasteiger partial charge in [0.05, 0.1) is 70.5 Å². The van der Waals surface area contributed by atoms with Crippen LogP contribution in [0.15, 0.2) is 285 Å². The van der Waals surface area contributed by atoms with E-state index in [2.05, 4.69) is 11.3 Å². The summed E-state index contributed by atoms with van der Waals surface area (Å²) in [4.78, 5) is 4.66. The van der Waals surface area contributed by atoms with Crippen LogP contribution in [0.4, 0.5) is 0 Å². The van der Waals surface area contributed by atoms with Crippen molar-refractivity contribution in [1.29, 1.82) is 0 Å². The van der Waals surface area contributed by atoms with Crippen LogP contribution in [0.1, 0.15) is 108 Å². The molecule has 15 rings (SSSR count). The second-order valence-electron chi connectivity index (χ2n) is 20.2. The first-order chi connectivity index (χ1) is 59.5. The summed E-state index contributed by atoms with van der Waals surface area (Å²) in [6.07, 6.45) is 2.48. The van der Waals surface area contributed by atoms with Crippen molar-refractivity contribution in [2.45, 2.75) is 51.5 Å². The third-order valence-corrected chi connectivity index (χ3v) is 19.0. The Kier molecular flexibility index (Phi) is 5.93. The minimum Gasteiger partial charge on any atom is -0.458 e. The van der Waals surface area contributed by atoms with Gasteiger partial charge >= 0.3 is 0 Å². The number of hydrogen-bond acceptors (Lipinski definition) is 2. The lowest BCUT2D eigenvalue weighted by molar-refractivity contribution is -0.571. The molecule has 0 spiro atoms. The lowest BCUT2D eigenvalue weighted by Gasteiger charge is -2.34. The molecule has 0 saturated carbocycles. The zero-order chi connectivity index (χ0) is 94.1. The molecule has 6 heteroatoms. The van der Waals surface area contributed by atoms with Gasteiger partial charge in [0.1, 0.15) is 17.3 Å². The van der Waals surface area contributed by atoms with Gasteiger partial charge in [-0.3, -0.25) is 13.7 Å². The highest BCUT2D eigenvalue weighted by atomic mass is 28.3. The normalized spacial score (nSPS) is 21.3. The highest BCUT2D eigenvalue weighted by molar-refractivity contribution is 7.19. The van der Waals surface area contributed by atoms with Crippen LogP contribution in [0.25, 0.3) is 83.4 Å². The Morgan fingerprint density at radius 2 is 1.12 bits per heavy atom. The SMILES string of the molecule is [2H]c1c([2H])c([2H])c(-c2cnc(-n3c4ccccc4c4ccc(Oc5cccc(-n6[c-][n+](-c7c(-c8c([2H])c([2H])c9c(c8[2H])C(C([2H])([2H])[2H])(C([2H])([2H])[2H])CC9(C([2H])([2H])[2H])C([2H])([2H])[2H])cccc7-c7c([2H])c([2H])c([2H])c([Si](c8c([2H])c([2H])c([2H])c([2H])c8[2H])(c8c([2H])c([2H])c([2H])c([2H])c8[2H])c8c([2H])c([2H])c([2H])c([2H])c8[2H])c7[2H])c7ccccc76)c5)cc43)cc2C([2H])([2H])[2H])c([2H])c1[2H]. The van der Waals surface area contributed by atoms with Crippen molar-refractivity contribution in [1.82, 2.24) is 14.1 Å². The highest BCUT2D eigenvalue weighted by Gasteiger charge is 2.43. The predicted molar refractivity (Wildman–Crippen MR) is 358 cm³/mol. The maximum absolute atomic E-state index is 11.0. The van der Waals surface area contributed by atoms with E-state index in [1.165, 1.54) is 59.2 Å². The molecule has 0 amide bonds. The highest BCUT2D eigenvalue weighted by Crippen LogP contribution is 2.51. The van der Waals surface area contributed by atoms with E-state index >= 15 is 0 Å². The Labute approximate surface area is 563 Å². The van der Waals surface area contributed by atoms with Crippen molar-refractivity contribution < 1.29 is 66.9 Å². The molecule has 0 aliphatic heterocycles. The maximum atomic E-state index is 11.0. The average Bonchev–Trinajstić information content (AvgIpc) is 1.40. The molecule has 0 radical (unpaired) electrons. The lowest BCUT2D eigenvalue weighted by atomic mass is 9.82. The Morgan fingerprint density at radius 3 is 1.83 bits per heavy atom. The van der Waals surface area contributed by atoms with E-state index in [-0.39, 0.29) is 39.6 Å². The first kappa shape index (κ1) is 24.4. The summed E-state index contributed by atoms with van der Waals surface area (Å²) < 4.78 is 401. The molecule has 1 aliphatic rings. The number of ether oxygens (including phenoxy) is 1. The smallest absolute Gasteiger partial charge is 0.269 e. The van der Waals surface area contributed by atoms with Crippen molar-refractivity contribution in [3.05, 3.63) is 308 Å². The Bertz CT molecular complexity index is 6870. The van der Waals surface area contributed by atoms with E-state index in [4.69, 9.17) is 36.3 Å². The second kappa shape index (κ2) is 20.9. The topological polar surface area (TPSA) is 35.9 Å². The Hall–Kier alpha value is -10.1. The number of para-hydroxylation sites is 4. The lowest BCUT2D eigenvalue weighted by Crippen LogP contribution is -2.74. The molecule has 86 heavy (non-hydrogen) atoms. The average molecular weight is 1170 g/mol. The number of aromatic nitrogens is 4. The summed E-state index contributed by atoms with van der Waals surface area (Å²) in [6, 6.07) is -3.63. The molecule has 11 aromatic carbocycles. The largest absolute Gasteiger partial charge is 0.458 e. The van der Waals surface area contributed by atoms with Gasteiger partial charge in [0.15, 0.2) is 8.07 Å². The zero-order valence-electron chi connectivity index (χ0n) is 86.5. The van der Waals surface area contributed by atoms with Crippen LogP contribution in [0, 0.1) is 13.2 Å². The van der Waals surface area contributed by atoms with E-state index in [1.54, 1.807) is 47.0 Å². The number of nitrogens with zero attached hydrogens (tertiary/aromatic N) is 4. The number of hydrogen-bond donors (Lipinski definition) is 0. The fraction of sp³-hybridized carbons (Fsp3) is 0.100. The summed E-state index contributed by atoms with van der Waals surface area (Å²) in [5.41, 5.74) is -14.1. The summed E-state index contributed by atoms with van der Waals surface area (Å²) in [6.45, 7) is -19.0. The van der Waals surface area contributed by atoms with Gasteiger partial charge in [-0.05, 0) is 132 Å². The monoisotopic (exact) mass is 1170 g/mol. The van der Waals surface area contributed by atoms with E-state index < -0.39 is 294 Å². The van der Waals surface area contributed by atoms with Gasteiger partial charge in [-0.25, -0.2) is 4.98 Å². The number of pyridine rings is 1. The molecule has 3 heterocycles. The number of rotatable bonds is 12. The zero-order valence-corrected chi connectivity index (χ0v) is 45.5. The molecule has 0 fully saturated rings. The molecule has 0 saturated heterocycles. The van der Waals surface area contributed by atoms with Crippen LogP contribution in [-0.2, 0) is 10.8 Å². The van der Waals surface area contributed by atoms with Crippen LogP contribution in [0.2, 0.25) is 0 Å². The van der Waals surface area contributed by atoms with E-state index in [1.807, 2.05) is 0 Å². The molecule has 5 nitrogen and oxygen atoms in total. The van der Waals surface area contributed by atoms with E-state index in [0.717, 1.165) is 29.0 Å². The molecule has 414 valence electrons. The molecule has 14 aromatic rings. The third kappa shape index (κ3) is 8.82. The minimum absolute atomic E-state index is 0.0140. The Morgan fingerprint density at radius 1 is 0.512 bits per heavy atom. The van der Waals surface area contributed by atoms with Gasteiger partial charge in [0.2, 0.25) is 0 Å². The minimum atomic E-state index is -6.66. The molecule has 0 N–H and O–H groups in total. The summed E-state index contributed by atoms with van der Waals surface area (Å²) in [7, 11) is -6.66. The Balaban J connectivity index is 1.05. The molecule has 0 unspecified atom stereocenters. The summed E-state index contributed by atoms with van der Waals surface area (Å²) in [5, 5.41) is -3.68. The van der Waals surface area contributed by atoms with Gasteiger partial charge in [0.25, 0.3) is 6.33 Å². The number of benzene rings is 11. The number of aryl methyl sites for hydroxylation is 1. The molecular weight excluding hydrogens is 1060 g/mol. The van der Waals surface area contributed by atoms with Crippen LogP contribution in [-0.4, -0.2) is 22.2 Å². The molecule has 3 aromatic heterocycles. The maximum Gasteiger partial charge on any atom is 0.269 e. The van der Waals surface area contributed by atoms with Gasteiger partial charge < -0.3 is 4.74 Å². The molecule has 0 bridgehead atoms. The van der Waals surface area contributed by atoms with E-state index in [9.17, 15) is 26.0 Å². The molecule has 0 atom stereocenters. The van der Waals surface area contributed by atoms with Crippen LogP contribution in [0.5, 0.6) is 11.5 Å². The first-order valence-corrected chi connectivity index (χ1v) is 28.4. The van der Waals surface area contributed by atoms with Crippen molar-refractivity contribution in [3.8, 4) is 62.1 Å². The van der Waals surface area contributed by atoms with Crippen molar-refractivity contribution in [2.75, 3.05) is 0 Å². The van der Waals surface area contributed by atoms with Gasteiger partial charge in [-0.1, -0.05) is 257 Å². The van der Waals surface area contributed by atoms with Gasteiger partial charge in [0, 0.05) is 49.2 Å². The van der Waals surface area contributed by atoms with Gasteiger partial charge in [-0.2, -0.15) is 0 Å². The number of imidazole rings is 1.